The van der Waals surface area contributed by atoms with E-state index in [1.807, 2.05) is 62.4 Å². The second kappa shape index (κ2) is 9.29. The van der Waals surface area contributed by atoms with E-state index in [-0.39, 0.29) is 5.91 Å². The Morgan fingerprint density at radius 2 is 1.79 bits per heavy atom. The van der Waals surface area contributed by atoms with Crippen molar-refractivity contribution in [2.45, 2.75) is 20.5 Å². The van der Waals surface area contributed by atoms with Crippen molar-refractivity contribution in [2.75, 3.05) is 20.2 Å². The average Bonchev–Trinajstić information content (AvgIpc) is 2.91. The minimum Gasteiger partial charge on any atom is -0.490 e. The highest BCUT2D eigenvalue weighted by Crippen LogP contribution is 2.31. The third kappa shape index (κ3) is 4.71. The SMILES string of the molecule is CCOc1cc(/C=C2/C(=O)N(CC)C(=S)N2C)ccc1OCc1ccc(Cl)cc1. The third-order valence-electron chi connectivity index (χ3n) is 4.54. The van der Waals surface area contributed by atoms with E-state index in [4.69, 9.17) is 33.3 Å². The van der Waals surface area contributed by atoms with Crippen LogP contribution >= 0.6 is 23.8 Å². The zero-order chi connectivity index (χ0) is 21.0. The van der Waals surface area contributed by atoms with Crippen LogP contribution in [0, 0.1) is 0 Å². The zero-order valence-corrected chi connectivity index (χ0v) is 18.2. The van der Waals surface area contributed by atoms with Gasteiger partial charge >= 0.3 is 0 Å². The molecule has 1 aliphatic heterocycles. The summed E-state index contributed by atoms with van der Waals surface area (Å²) in [6.07, 6.45) is 1.82. The van der Waals surface area contributed by atoms with E-state index in [2.05, 4.69) is 0 Å². The minimum atomic E-state index is -0.0963. The number of thiocarbonyl (C=S) groups is 1. The van der Waals surface area contributed by atoms with E-state index in [1.54, 1.807) is 16.8 Å². The van der Waals surface area contributed by atoms with Crippen LogP contribution < -0.4 is 9.47 Å². The predicted molar refractivity (Wildman–Crippen MR) is 119 cm³/mol. The first-order valence-corrected chi connectivity index (χ1v) is 10.2. The van der Waals surface area contributed by atoms with Gasteiger partial charge in [0.15, 0.2) is 16.6 Å². The summed E-state index contributed by atoms with van der Waals surface area (Å²) in [5.41, 5.74) is 2.38. The molecular formula is C22H23ClN2O3S. The van der Waals surface area contributed by atoms with Crippen LogP contribution in [0.2, 0.25) is 5.02 Å². The van der Waals surface area contributed by atoms with Gasteiger partial charge < -0.3 is 14.4 Å². The lowest BCUT2D eigenvalue weighted by molar-refractivity contribution is -0.122. The van der Waals surface area contributed by atoms with Crippen LogP contribution in [0.5, 0.6) is 11.5 Å². The number of nitrogens with zero attached hydrogens (tertiary/aromatic N) is 2. The molecule has 0 radical (unpaired) electrons. The van der Waals surface area contributed by atoms with E-state index in [1.165, 1.54) is 0 Å². The number of halogens is 1. The Bertz CT molecular complexity index is 944. The van der Waals surface area contributed by atoms with Crippen molar-refractivity contribution in [1.29, 1.82) is 0 Å². The molecule has 3 rings (SSSR count). The van der Waals surface area contributed by atoms with Crippen molar-refractivity contribution in [3.05, 3.63) is 64.3 Å². The first kappa shape index (κ1) is 21.1. The molecule has 29 heavy (non-hydrogen) atoms. The molecule has 1 aliphatic rings. The highest BCUT2D eigenvalue weighted by atomic mass is 35.5. The lowest BCUT2D eigenvalue weighted by Crippen LogP contribution is -2.30. The number of amides is 1. The van der Waals surface area contributed by atoms with E-state index >= 15 is 0 Å². The molecule has 1 heterocycles. The highest BCUT2D eigenvalue weighted by Gasteiger charge is 2.34. The van der Waals surface area contributed by atoms with Gasteiger partial charge in [0.05, 0.1) is 6.61 Å². The summed E-state index contributed by atoms with van der Waals surface area (Å²) in [5, 5.41) is 1.20. The molecular weight excluding hydrogens is 408 g/mol. The maximum absolute atomic E-state index is 12.6. The molecule has 1 saturated heterocycles. The van der Waals surface area contributed by atoms with Crippen LogP contribution in [0.3, 0.4) is 0 Å². The van der Waals surface area contributed by atoms with Crippen molar-refractivity contribution in [3.8, 4) is 11.5 Å². The normalized spacial score (nSPS) is 15.4. The Morgan fingerprint density at radius 3 is 2.41 bits per heavy atom. The lowest BCUT2D eigenvalue weighted by Gasteiger charge is -2.14. The second-order valence-corrected chi connectivity index (χ2v) is 7.28. The average molecular weight is 431 g/mol. The molecule has 2 aromatic rings. The summed E-state index contributed by atoms with van der Waals surface area (Å²) >= 11 is 11.3. The summed E-state index contributed by atoms with van der Waals surface area (Å²) in [5.74, 6) is 1.17. The number of hydrogen-bond acceptors (Lipinski definition) is 4. The van der Waals surface area contributed by atoms with Gasteiger partial charge in [-0.15, -0.1) is 0 Å². The molecule has 1 amide bonds. The van der Waals surface area contributed by atoms with Gasteiger partial charge in [-0.1, -0.05) is 29.8 Å². The Balaban J connectivity index is 1.83. The van der Waals surface area contributed by atoms with E-state index < -0.39 is 0 Å². The Hall–Kier alpha value is -2.57. The molecule has 7 heteroatoms. The molecule has 0 saturated carbocycles. The maximum atomic E-state index is 12.6. The molecule has 0 atom stereocenters. The third-order valence-corrected chi connectivity index (χ3v) is 5.28. The molecule has 0 spiro atoms. The zero-order valence-electron chi connectivity index (χ0n) is 16.6. The molecule has 0 unspecified atom stereocenters. The van der Waals surface area contributed by atoms with Crippen molar-refractivity contribution in [1.82, 2.24) is 9.80 Å². The van der Waals surface area contributed by atoms with Gasteiger partial charge in [0, 0.05) is 18.6 Å². The summed E-state index contributed by atoms with van der Waals surface area (Å²) in [4.78, 5) is 15.9. The van der Waals surface area contributed by atoms with Gasteiger partial charge in [-0.3, -0.25) is 9.69 Å². The Kier molecular flexibility index (Phi) is 6.77. The number of benzene rings is 2. The summed E-state index contributed by atoms with van der Waals surface area (Å²) in [6, 6.07) is 13.1. The Labute approximate surface area is 181 Å². The number of rotatable bonds is 7. The number of carbonyl (C=O) groups is 1. The highest BCUT2D eigenvalue weighted by molar-refractivity contribution is 7.80. The van der Waals surface area contributed by atoms with Crippen LogP contribution in [-0.2, 0) is 11.4 Å². The first-order chi connectivity index (χ1) is 13.9. The molecule has 1 fully saturated rings. The fourth-order valence-corrected chi connectivity index (χ4v) is 3.43. The fourth-order valence-electron chi connectivity index (χ4n) is 2.99. The Morgan fingerprint density at radius 1 is 1.07 bits per heavy atom. The standard InChI is InChI=1S/C22H23ClN2O3S/c1-4-25-21(26)18(24(3)22(25)29)12-16-8-11-19(20(13-16)27-5-2)28-14-15-6-9-17(23)10-7-15/h6-13H,4-5,14H2,1-3H3/b18-12-. The summed E-state index contributed by atoms with van der Waals surface area (Å²) in [7, 11) is 1.80. The van der Waals surface area contributed by atoms with Crippen molar-refractivity contribution in [3.63, 3.8) is 0 Å². The van der Waals surface area contributed by atoms with E-state index in [9.17, 15) is 4.79 Å². The molecule has 2 aromatic carbocycles. The molecule has 0 N–H and O–H groups in total. The van der Waals surface area contributed by atoms with Crippen molar-refractivity contribution >= 4 is 40.9 Å². The number of carbonyl (C=O) groups excluding carboxylic acids is 1. The van der Waals surface area contributed by atoms with E-state index in [0.29, 0.717) is 47.1 Å². The smallest absolute Gasteiger partial charge is 0.276 e. The van der Waals surface area contributed by atoms with Crippen LogP contribution in [0.4, 0.5) is 0 Å². The fraction of sp³-hybridized carbons (Fsp3) is 0.273. The number of likely N-dealkylation sites (N-methyl/N-ethyl adjacent to an activating group) is 2. The first-order valence-electron chi connectivity index (χ1n) is 9.40. The quantitative estimate of drug-likeness (QED) is 0.469. The maximum Gasteiger partial charge on any atom is 0.276 e. The monoisotopic (exact) mass is 430 g/mol. The molecule has 5 nitrogen and oxygen atoms in total. The summed E-state index contributed by atoms with van der Waals surface area (Å²) < 4.78 is 11.7. The van der Waals surface area contributed by atoms with Crippen LogP contribution in [0.25, 0.3) is 6.08 Å². The van der Waals surface area contributed by atoms with E-state index in [0.717, 1.165) is 11.1 Å². The number of ether oxygens (including phenoxy) is 2. The topological polar surface area (TPSA) is 42.0 Å². The molecule has 0 aliphatic carbocycles. The van der Waals surface area contributed by atoms with Crippen molar-refractivity contribution < 1.29 is 14.3 Å². The van der Waals surface area contributed by atoms with Gasteiger partial charge in [0.1, 0.15) is 12.3 Å². The molecule has 0 bridgehead atoms. The molecule has 0 aromatic heterocycles. The largest absolute Gasteiger partial charge is 0.490 e. The summed E-state index contributed by atoms with van der Waals surface area (Å²) in [6.45, 7) is 5.27. The second-order valence-electron chi connectivity index (χ2n) is 6.47. The lowest BCUT2D eigenvalue weighted by atomic mass is 10.1. The predicted octanol–water partition coefficient (Wildman–Crippen LogP) is 4.74. The van der Waals surface area contributed by atoms with Crippen molar-refractivity contribution in [2.24, 2.45) is 0 Å². The molecule has 152 valence electrons. The van der Waals surface area contributed by atoms with Gasteiger partial charge in [0.2, 0.25) is 0 Å². The van der Waals surface area contributed by atoms with Gasteiger partial charge in [-0.25, -0.2) is 0 Å². The minimum absolute atomic E-state index is 0.0963. The number of hydrogen-bond donors (Lipinski definition) is 0. The van der Waals surface area contributed by atoms with Crippen LogP contribution in [0.15, 0.2) is 48.2 Å². The van der Waals surface area contributed by atoms with Gasteiger partial charge in [-0.2, -0.15) is 0 Å². The van der Waals surface area contributed by atoms with Crippen LogP contribution in [0.1, 0.15) is 25.0 Å². The van der Waals surface area contributed by atoms with Crippen LogP contribution in [-0.4, -0.2) is 41.0 Å². The van der Waals surface area contributed by atoms with Gasteiger partial charge in [-0.05, 0) is 67.5 Å². The van der Waals surface area contributed by atoms with Gasteiger partial charge in [0.25, 0.3) is 5.91 Å².